The number of benzene rings is 1. The Bertz CT molecular complexity index is 458. The fourth-order valence-corrected chi connectivity index (χ4v) is 2.50. The molecule has 0 saturated carbocycles. The predicted octanol–water partition coefficient (Wildman–Crippen LogP) is 2.88. The first-order valence-electron chi connectivity index (χ1n) is 5.72. The normalized spacial score (nSPS) is 19.9. The lowest BCUT2D eigenvalue weighted by atomic mass is 10.0. The summed E-state index contributed by atoms with van der Waals surface area (Å²) in [5.74, 6) is 0. The Morgan fingerprint density at radius 2 is 2.12 bits per heavy atom. The number of hydrogen-bond donors (Lipinski definition) is 2. The van der Waals surface area contributed by atoms with Gasteiger partial charge in [-0.2, -0.15) is 0 Å². The average Bonchev–Trinajstić information content (AvgIpc) is 2.89. The summed E-state index contributed by atoms with van der Waals surface area (Å²) in [4.78, 5) is 3.33. The summed E-state index contributed by atoms with van der Waals surface area (Å²) in [5, 5.41) is 4.93. The molecule has 16 heavy (non-hydrogen) atoms. The van der Waals surface area contributed by atoms with Gasteiger partial charge in [0.15, 0.2) is 0 Å². The number of halogens is 1. The Balaban J connectivity index is 0.000000963. The molecule has 1 fully saturated rings. The fourth-order valence-electron chi connectivity index (χ4n) is 2.50. The van der Waals surface area contributed by atoms with Crippen molar-refractivity contribution < 1.29 is 0 Å². The van der Waals surface area contributed by atoms with Crippen LogP contribution in [0.1, 0.15) is 18.4 Å². The van der Waals surface area contributed by atoms with Crippen molar-refractivity contribution >= 4 is 23.3 Å². The molecule has 1 aliphatic rings. The minimum absolute atomic E-state index is 0. The van der Waals surface area contributed by atoms with Crippen molar-refractivity contribution in [2.24, 2.45) is 0 Å². The Hall–Kier alpha value is -0.990. The molecule has 0 spiro atoms. The molecule has 0 radical (unpaired) electrons. The third-order valence-corrected chi connectivity index (χ3v) is 3.30. The van der Waals surface area contributed by atoms with E-state index in [1.807, 2.05) is 0 Å². The van der Waals surface area contributed by atoms with E-state index in [9.17, 15) is 0 Å². The van der Waals surface area contributed by atoms with Crippen LogP contribution in [0.3, 0.4) is 0 Å². The summed E-state index contributed by atoms with van der Waals surface area (Å²) >= 11 is 0. The van der Waals surface area contributed by atoms with E-state index in [1.165, 1.54) is 35.9 Å². The van der Waals surface area contributed by atoms with E-state index < -0.39 is 0 Å². The van der Waals surface area contributed by atoms with E-state index in [4.69, 9.17) is 0 Å². The summed E-state index contributed by atoms with van der Waals surface area (Å²) in [5.41, 5.74) is 2.70. The maximum Gasteiger partial charge on any atom is 0.0456 e. The molecule has 0 amide bonds. The lowest BCUT2D eigenvalue weighted by molar-refractivity contribution is 0.605. The van der Waals surface area contributed by atoms with Crippen LogP contribution >= 0.6 is 12.4 Å². The molecule has 1 aromatic carbocycles. The number of rotatable bonds is 2. The number of aromatic amines is 1. The van der Waals surface area contributed by atoms with Crippen molar-refractivity contribution in [3.63, 3.8) is 0 Å². The molecular weight excluding hydrogens is 220 g/mol. The van der Waals surface area contributed by atoms with E-state index in [0.717, 1.165) is 6.42 Å². The summed E-state index contributed by atoms with van der Waals surface area (Å²) in [7, 11) is 0. The molecule has 0 unspecified atom stereocenters. The molecule has 1 aromatic heterocycles. The van der Waals surface area contributed by atoms with Gasteiger partial charge in [-0.3, -0.25) is 0 Å². The molecule has 2 nitrogen and oxygen atoms in total. The molecule has 0 aliphatic carbocycles. The van der Waals surface area contributed by atoms with Gasteiger partial charge in [-0.05, 0) is 37.4 Å². The molecule has 86 valence electrons. The zero-order valence-electron chi connectivity index (χ0n) is 9.20. The van der Waals surface area contributed by atoms with Crippen LogP contribution in [0, 0.1) is 0 Å². The van der Waals surface area contributed by atoms with E-state index in [0.29, 0.717) is 6.04 Å². The monoisotopic (exact) mass is 236 g/mol. The Morgan fingerprint density at radius 1 is 1.25 bits per heavy atom. The van der Waals surface area contributed by atoms with Crippen LogP contribution in [-0.2, 0) is 6.42 Å². The summed E-state index contributed by atoms with van der Waals surface area (Å²) in [6.07, 6.45) is 5.96. The SMILES string of the molecule is Cl.c1ccc2c(C[C@@H]3CCCN3)c[nH]c2c1. The first-order chi connectivity index (χ1) is 7.43. The van der Waals surface area contributed by atoms with Crippen molar-refractivity contribution in [2.45, 2.75) is 25.3 Å². The van der Waals surface area contributed by atoms with Gasteiger partial charge in [0.25, 0.3) is 0 Å². The van der Waals surface area contributed by atoms with Crippen LogP contribution in [0.4, 0.5) is 0 Å². The minimum atomic E-state index is 0. The highest BCUT2D eigenvalue weighted by molar-refractivity contribution is 5.85. The molecule has 2 heterocycles. The molecule has 3 rings (SSSR count). The van der Waals surface area contributed by atoms with Gasteiger partial charge in [-0.1, -0.05) is 18.2 Å². The second-order valence-corrected chi connectivity index (χ2v) is 4.36. The molecule has 1 aliphatic heterocycles. The lowest BCUT2D eigenvalue weighted by Gasteiger charge is -2.08. The van der Waals surface area contributed by atoms with Gasteiger partial charge in [-0.15, -0.1) is 12.4 Å². The molecule has 1 saturated heterocycles. The van der Waals surface area contributed by atoms with Crippen LogP contribution < -0.4 is 5.32 Å². The molecule has 1 atom stereocenters. The minimum Gasteiger partial charge on any atom is -0.361 e. The van der Waals surface area contributed by atoms with E-state index in [-0.39, 0.29) is 12.4 Å². The zero-order chi connectivity index (χ0) is 10.1. The molecule has 2 aromatic rings. The molecule has 0 bridgehead atoms. The van der Waals surface area contributed by atoms with Gasteiger partial charge in [0, 0.05) is 23.1 Å². The van der Waals surface area contributed by atoms with Crippen LogP contribution in [-0.4, -0.2) is 17.6 Å². The second kappa shape index (κ2) is 4.89. The highest BCUT2D eigenvalue weighted by Crippen LogP contribution is 2.21. The average molecular weight is 237 g/mol. The maximum atomic E-state index is 3.55. The first-order valence-corrected chi connectivity index (χ1v) is 5.72. The van der Waals surface area contributed by atoms with Gasteiger partial charge >= 0.3 is 0 Å². The highest BCUT2D eigenvalue weighted by Gasteiger charge is 2.15. The van der Waals surface area contributed by atoms with Gasteiger partial charge in [0.2, 0.25) is 0 Å². The number of aromatic nitrogens is 1. The van der Waals surface area contributed by atoms with Crippen molar-refractivity contribution in [1.82, 2.24) is 10.3 Å². The topological polar surface area (TPSA) is 27.8 Å². The largest absolute Gasteiger partial charge is 0.361 e. The number of nitrogens with one attached hydrogen (secondary N) is 2. The van der Waals surface area contributed by atoms with E-state index in [1.54, 1.807) is 0 Å². The molecule has 2 N–H and O–H groups in total. The summed E-state index contributed by atoms with van der Waals surface area (Å²) in [6.45, 7) is 1.19. The van der Waals surface area contributed by atoms with Gasteiger partial charge in [0.05, 0.1) is 0 Å². The number of fused-ring (bicyclic) bond motifs is 1. The zero-order valence-corrected chi connectivity index (χ0v) is 10.0. The van der Waals surface area contributed by atoms with Crippen molar-refractivity contribution in [2.75, 3.05) is 6.54 Å². The smallest absolute Gasteiger partial charge is 0.0456 e. The van der Waals surface area contributed by atoms with Crippen LogP contribution in [0.15, 0.2) is 30.5 Å². The Morgan fingerprint density at radius 3 is 2.94 bits per heavy atom. The highest BCUT2D eigenvalue weighted by atomic mass is 35.5. The van der Waals surface area contributed by atoms with Crippen LogP contribution in [0.2, 0.25) is 0 Å². The van der Waals surface area contributed by atoms with Gasteiger partial charge < -0.3 is 10.3 Å². The number of hydrogen-bond acceptors (Lipinski definition) is 1. The number of para-hydroxylation sites is 1. The molecular formula is C13H17ClN2. The van der Waals surface area contributed by atoms with Crippen molar-refractivity contribution in [3.05, 3.63) is 36.0 Å². The Kier molecular flexibility index (Phi) is 3.52. The van der Waals surface area contributed by atoms with Crippen LogP contribution in [0.5, 0.6) is 0 Å². The van der Waals surface area contributed by atoms with E-state index >= 15 is 0 Å². The maximum absolute atomic E-state index is 3.55. The quantitative estimate of drug-likeness (QED) is 0.825. The summed E-state index contributed by atoms with van der Waals surface area (Å²) in [6, 6.07) is 9.22. The van der Waals surface area contributed by atoms with Crippen molar-refractivity contribution in [1.29, 1.82) is 0 Å². The number of H-pyrrole nitrogens is 1. The van der Waals surface area contributed by atoms with Crippen LogP contribution in [0.25, 0.3) is 10.9 Å². The molecule has 3 heteroatoms. The Labute approximate surface area is 102 Å². The third-order valence-electron chi connectivity index (χ3n) is 3.30. The first kappa shape index (κ1) is 11.5. The lowest BCUT2D eigenvalue weighted by Crippen LogP contribution is -2.23. The predicted molar refractivity (Wildman–Crippen MR) is 70.3 cm³/mol. The van der Waals surface area contributed by atoms with Gasteiger partial charge in [-0.25, -0.2) is 0 Å². The second-order valence-electron chi connectivity index (χ2n) is 4.36. The van der Waals surface area contributed by atoms with Crippen molar-refractivity contribution in [3.8, 4) is 0 Å². The summed E-state index contributed by atoms with van der Waals surface area (Å²) < 4.78 is 0. The van der Waals surface area contributed by atoms with Gasteiger partial charge in [0.1, 0.15) is 0 Å². The van der Waals surface area contributed by atoms with E-state index in [2.05, 4.69) is 40.8 Å². The standard InChI is InChI=1S/C13H16N2.ClH/c1-2-6-13-12(5-1)10(9-15-13)8-11-4-3-7-14-11;/h1-2,5-6,9,11,14-15H,3-4,7-8H2;1H/t11-;/m0./s1. The third kappa shape index (κ3) is 2.08. The fraction of sp³-hybridized carbons (Fsp3) is 0.385.